The Bertz CT molecular complexity index is 831. The van der Waals surface area contributed by atoms with Crippen molar-refractivity contribution in [3.05, 3.63) is 45.2 Å². The van der Waals surface area contributed by atoms with E-state index in [0.717, 1.165) is 16.9 Å². The summed E-state index contributed by atoms with van der Waals surface area (Å²) in [6.07, 6.45) is 0.0357. The largest absolute Gasteiger partial charge is 0.455 e. The average Bonchev–Trinajstić information content (AvgIpc) is 2.83. The first-order valence-electron chi connectivity index (χ1n) is 8.14. The van der Waals surface area contributed by atoms with Crippen molar-refractivity contribution >= 4 is 35.1 Å². The minimum absolute atomic E-state index is 0.00452. The van der Waals surface area contributed by atoms with Gasteiger partial charge in [-0.25, -0.2) is 4.68 Å². The van der Waals surface area contributed by atoms with Crippen LogP contribution in [0, 0.1) is 13.8 Å². The molecule has 0 fully saturated rings. The monoisotopic (exact) mass is 397 g/mol. The molecular weight excluding hydrogens is 377 g/mol. The minimum Gasteiger partial charge on any atom is -0.455 e. The lowest BCUT2D eigenvalue weighted by Crippen LogP contribution is -2.34. The van der Waals surface area contributed by atoms with Gasteiger partial charge < -0.3 is 10.1 Å². The molecule has 6 nitrogen and oxygen atoms in total. The van der Waals surface area contributed by atoms with Crippen LogP contribution in [-0.2, 0) is 20.7 Å². The van der Waals surface area contributed by atoms with E-state index in [1.807, 2.05) is 27.7 Å². The molecule has 0 unspecified atom stereocenters. The van der Waals surface area contributed by atoms with Crippen molar-refractivity contribution in [3.8, 4) is 5.69 Å². The summed E-state index contributed by atoms with van der Waals surface area (Å²) in [5.41, 5.74) is 3.00. The number of rotatable bonds is 6. The van der Waals surface area contributed by atoms with Crippen LogP contribution in [0.4, 0.5) is 0 Å². The zero-order chi connectivity index (χ0) is 19.4. The highest BCUT2D eigenvalue weighted by Gasteiger charge is 2.18. The van der Waals surface area contributed by atoms with Crippen molar-refractivity contribution in [3.63, 3.8) is 0 Å². The maximum atomic E-state index is 12.1. The van der Waals surface area contributed by atoms with Crippen LogP contribution in [0.15, 0.2) is 18.2 Å². The standard InChI is InChI=1S/C18H21Cl2N3O3/c1-10(2)21-17(24)9-26-18(25)8-14-11(3)22-23(12(14)4)13-5-6-15(19)16(20)7-13/h5-7,10H,8-9H2,1-4H3,(H,21,24). The van der Waals surface area contributed by atoms with Gasteiger partial charge in [-0.15, -0.1) is 0 Å². The molecule has 0 saturated heterocycles. The number of amides is 1. The third kappa shape index (κ3) is 4.99. The van der Waals surface area contributed by atoms with E-state index in [1.165, 1.54) is 0 Å². The Hall–Kier alpha value is -2.05. The van der Waals surface area contributed by atoms with Crippen LogP contribution in [0.2, 0.25) is 10.0 Å². The second-order valence-electron chi connectivity index (χ2n) is 6.22. The number of esters is 1. The molecule has 1 heterocycles. The van der Waals surface area contributed by atoms with Crippen molar-refractivity contribution < 1.29 is 14.3 Å². The molecule has 0 aliphatic rings. The molecule has 0 spiro atoms. The molecule has 1 aromatic heterocycles. The Balaban J connectivity index is 2.11. The summed E-state index contributed by atoms with van der Waals surface area (Å²) in [6.45, 7) is 7.05. The van der Waals surface area contributed by atoms with Crippen molar-refractivity contribution in [2.45, 2.75) is 40.2 Å². The Morgan fingerprint density at radius 2 is 1.92 bits per heavy atom. The number of halogens is 2. The fourth-order valence-corrected chi connectivity index (χ4v) is 2.80. The SMILES string of the molecule is Cc1nn(-c2ccc(Cl)c(Cl)c2)c(C)c1CC(=O)OCC(=O)NC(C)C. The highest BCUT2D eigenvalue weighted by atomic mass is 35.5. The van der Waals surface area contributed by atoms with E-state index in [4.69, 9.17) is 27.9 Å². The fraction of sp³-hybridized carbons (Fsp3) is 0.389. The molecule has 140 valence electrons. The van der Waals surface area contributed by atoms with Gasteiger partial charge in [0.05, 0.1) is 27.8 Å². The third-order valence-corrected chi connectivity index (χ3v) is 4.46. The average molecular weight is 398 g/mol. The summed E-state index contributed by atoms with van der Waals surface area (Å²) in [6, 6.07) is 5.19. The molecule has 0 aliphatic carbocycles. The summed E-state index contributed by atoms with van der Waals surface area (Å²) in [7, 11) is 0. The van der Waals surface area contributed by atoms with Gasteiger partial charge in [-0.3, -0.25) is 9.59 Å². The van der Waals surface area contributed by atoms with Gasteiger partial charge in [0.25, 0.3) is 5.91 Å². The zero-order valence-corrected chi connectivity index (χ0v) is 16.6. The van der Waals surface area contributed by atoms with Crippen LogP contribution in [0.5, 0.6) is 0 Å². The molecule has 2 aromatic rings. The number of hydrogen-bond acceptors (Lipinski definition) is 4. The molecule has 2 rings (SSSR count). The summed E-state index contributed by atoms with van der Waals surface area (Å²) in [5, 5.41) is 8.01. The fourth-order valence-electron chi connectivity index (χ4n) is 2.50. The van der Waals surface area contributed by atoms with Gasteiger partial charge in [0.1, 0.15) is 0 Å². The summed E-state index contributed by atoms with van der Waals surface area (Å²) < 4.78 is 6.74. The molecule has 1 N–H and O–H groups in total. The first-order chi connectivity index (χ1) is 12.2. The van der Waals surface area contributed by atoms with Gasteiger partial charge in [0, 0.05) is 17.3 Å². The van der Waals surface area contributed by atoms with Crippen LogP contribution in [0.1, 0.15) is 30.8 Å². The molecule has 0 saturated carbocycles. The van der Waals surface area contributed by atoms with Gasteiger partial charge in [-0.05, 0) is 45.9 Å². The van der Waals surface area contributed by atoms with E-state index in [1.54, 1.807) is 22.9 Å². The first-order valence-corrected chi connectivity index (χ1v) is 8.90. The van der Waals surface area contributed by atoms with Crippen LogP contribution in [0.3, 0.4) is 0 Å². The lowest BCUT2D eigenvalue weighted by Gasteiger charge is -2.09. The minimum atomic E-state index is -0.483. The molecule has 0 radical (unpaired) electrons. The van der Waals surface area contributed by atoms with Crippen LogP contribution in [-0.4, -0.2) is 34.3 Å². The highest BCUT2D eigenvalue weighted by molar-refractivity contribution is 6.42. The topological polar surface area (TPSA) is 73.2 Å². The second-order valence-corrected chi connectivity index (χ2v) is 7.03. The van der Waals surface area contributed by atoms with E-state index < -0.39 is 5.97 Å². The number of aromatic nitrogens is 2. The maximum absolute atomic E-state index is 12.1. The Morgan fingerprint density at radius 1 is 1.23 bits per heavy atom. The molecule has 0 aliphatic heterocycles. The van der Waals surface area contributed by atoms with Crippen molar-refractivity contribution in [2.75, 3.05) is 6.61 Å². The number of ether oxygens (including phenoxy) is 1. The number of carbonyl (C=O) groups is 2. The number of carbonyl (C=O) groups excluding carboxylic acids is 2. The number of nitrogens with zero attached hydrogens (tertiary/aromatic N) is 2. The Kier molecular flexibility index (Phi) is 6.67. The van der Waals surface area contributed by atoms with E-state index in [2.05, 4.69) is 10.4 Å². The summed E-state index contributed by atoms with van der Waals surface area (Å²) >= 11 is 12.0. The molecule has 8 heteroatoms. The van der Waals surface area contributed by atoms with Crippen molar-refractivity contribution in [1.29, 1.82) is 0 Å². The summed E-state index contributed by atoms with van der Waals surface area (Å²) in [4.78, 5) is 23.6. The highest BCUT2D eigenvalue weighted by Crippen LogP contribution is 2.26. The molecule has 1 amide bonds. The Morgan fingerprint density at radius 3 is 2.54 bits per heavy atom. The number of aryl methyl sites for hydroxylation is 1. The van der Waals surface area contributed by atoms with E-state index >= 15 is 0 Å². The molecule has 1 aromatic carbocycles. The number of benzene rings is 1. The van der Waals surface area contributed by atoms with Crippen LogP contribution < -0.4 is 5.32 Å². The lowest BCUT2D eigenvalue weighted by atomic mass is 10.1. The number of nitrogens with one attached hydrogen (secondary N) is 1. The zero-order valence-electron chi connectivity index (χ0n) is 15.1. The van der Waals surface area contributed by atoms with Crippen LogP contribution >= 0.6 is 23.2 Å². The predicted molar refractivity (Wildman–Crippen MR) is 101 cm³/mol. The van der Waals surface area contributed by atoms with Gasteiger partial charge in [0.2, 0.25) is 0 Å². The molecule has 26 heavy (non-hydrogen) atoms. The number of hydrogen-bond donors (Lipinski definition) is 1. The van der Waals surface area contributed by atoms with E-state index in [-0.39, 0.29) is 25.0 Å². The second kappa shape index (κ2) is 8.56. The lowest BCUT2D eigenvalue weighted by molar-refractivity contribution is -0.148. The maximum Gasteiger partial charge on any atom is 0.310 e. The van der Waals surface area contributed by atoms with Crippen molar-refractivity contribution in [2.24, 2.45) is 0 Å². The van der Waals surface area contributed by atoms with Gasteiger partial charge in [0.15, 0.2) is 6.61 Å². The third-order valence-electron chi connectivity index (χ3n) is 3.72. The van der Waals surface area contributed by atoms with E-state index in [0.29, 0.717) is 15.7 Å². The smallest absolute Gasteiger partial charge is 0.310 e. The van der Waals surface area contributed by atoms with Gasteiger partial charge >= 0.3 is 5.97 Å². The molecular formula is C18H21Cl2N3O3. The Labute approximate surface area is 162 Å². The van der Waals surface area contributed by atoms with Crippen molar-refractivity contribution in [1.82, 2.24) is 15.1 Å². The predicted octanol–water partition coefficient (Wildman–Crippen LogP) is 3.41. The molecule has 0 bridgehead atoms. The first kappa shape index (κ1) is 20.3. The normalized spacial score (nSPS) is 10.9. The quantitative estimate of drug-likeness (QED) is 0.757. The van der Waals surface area contributed by atoms with Crippen LogP contribution in [0.25, 0.3) is 5.69 Å². The van der Waals surface area contributed by atoms with Gasteiger partial charge in [-0.2, -0.15) is 5.10 Å². The van der Waals surface area contributed by atoms with E-state index in [9.17, 15) is 9.59 Å². The molecule has 0 atom stereocenters. The van der Waals surface area contributed by atoms with Gasteiger partial charge in [-0.1, -0.05) is 23.2 Å². The summed E-state index contributed by atoms with van der Waals surface area (Å²) in [5.74, 6) is -0.808.